The van der Waals surface area contributed by atoms with Crippen molar-refractivity contribution in [3.8, 4) is 0 Å². The average Bonchev–Trinajstić information content (AvgIpc) is 1.35. The summed E-state index contributed by atoms with van der Waals surface area (Å²) < 4.78 is 13.5. The van der Waals surface area contributed by atoms with Crippen LogP contribution in [0.25, 0.3) is 0 Å². The van der Waals surface area contributed by atoms with Gasteiger partial charge in [-0.25, -0.2) is 0 Å². The molecule has 0 aliphatic carbocycles. The van der Waals surface area contributed by atoms with Gasteiger partial charge in [0.1, 0.15) is 0 Å². The van der Waals surface area contributed by atoms with Gasteiger partial charge in [0.25, 0.3) is 0 Å². The molecule has 0 N–H and O–H groups in total. The molecule has 3 nitrogen and oxygen atoms in total. The zero-order valence-corrected chi connectivity index (χ0v) is 11.7. The molecule has 0 rings (SSSR count). The minimum atomic E-state index is -2.89. The van der Waals surface area contributed by atoms with Crippen LogP contribution in [0.1, 0.15) is 6.92 Å². The van der Waals surface area contributed by atoms with Crippen molar-refractivity contribution >= 4 is 9.17 Å². The van der Waals surface area contributed by atoms with Crippen LogP contribution in [-0.2, 0) is 8.89 Å². The van der Waals surface area contributed by atoms with Crippen molar-refractivity contribution in [2.75, 3.05) is 6.61 Å². The smallest absolute Gasteiger partial charge is 0.588 e. The monoisotopic (exact) mass is 238 g/mol. The minimum absolute atomic E-state index is 0. The first kappa shape index (κ1) is 11.5. The minimum Gasteiger partial charge on any atom is -0.588 e. The maximum Gasteiger partial charge on any atom is 1.00 e. The second-order valence-corrected chi connectivity index (χ2v) is 1.47. The van der Waals surface area contributed by atoms with Crippen molar-refractivity contribution in [1.29, 1.82) is 0 Å². The van der Waals surface area contributed by atoms with Crippen LogP contribution < -0.4 is 73.7 Å². The van der Waals surface area contributed by atoms with Gasteiger partial charge in [0, 0.05) is 6.61 Å². The van der Waals surface area contributed by atoms with Gasteiger partial charge in [0.15, 0.2) is 0 Å². The molecule has 0 aromatic heterocycles. The summed E-state index contributed by atoms with van der Waals surface area (Å²) in [5, 5.41) is 0. The average molecular weight is 238 g/mol. The van der Waals surface area contributed by atoms with E-state index in [1.807, 2.05) is 0 Å². The standard InChI is InChI=1S/C2H5O3Si.Cs/c1-2-5-6(3)4;/h2H2,1H3;/q-1;+1. The first-order valence-corrected chi connectivity index (χ1v) is 2.83. The van der Waals surface area contributed by atoms with Crippen LogP contribution in [0.5, 0.6) is 0 Å². The maximum atomic E-state index is 9.45. The summed E-state index contributed by atoms with van der Waals surface area (Å²) in [4.78, 5) is 9.45. The van der Waals surface area contributed by atoms with E-state index < -0.39 is 9.17 Å². The Kier molecular flexibility index (Phi) is 12.6. The number of hydrogen-bond donors (Lipinski definition) is 0. The molecule has 0 radical (unpaired) electrons. The van der Waals surface area contributed by atoms with E-state index in [1.165, 1.54) is 0 Å². The van der Waals surface area contributed by atoms with Crippen molar-refractivity contribution in [1.82, 2.24) is 0 Å². The van der Waals surface area contributed by atoms with Gasteiger partial charge in [-0.2, -0.15) is 0 Å². The van der Waals surface area contributed by atoms with Crippen LogP contribution in [0, 0.1) is 0 Å². The fourth-order valence-electron chi connectivity index (χ4n) is 0.118. The maximum absolute atomic E-state index is 9.45. The number of hydrogen-bond acceptors (Lipinski definition) is 3. The Morgan fingerprint density at radius 3 is 2.29 bits per heavy atom. The molecule has 0 aromatic rings. The van der Waals surface area contributed by atoms with Gasteiger partial charge in [0.2, 0.25) is 0 Å². The molecule has 0 saturated carbocycles. The zero-order chi connectivity index (χ0) is 4.99. The Labute approximate surface area is 103 Å². The van der Waals surface area contributed by atoms with Crippen LogP contribution in [0.3, 0.4) is 0 Å². The van der Waals surface area contributed by atoms with Crippen LogP contribution in [-0.4, -0.2) is 15.8 Å². The third-order valence-electron chi connectivity index (χ3n) is 0.262. The summed E-state index contributed by atoms with van der Waals surface area (Å²) in [5.74, 6) is 0. The van der Waals surface area contributed by atoms with Gasteiger partial charge >= 0.3 is 78.1 Å². The van der Waals surface area contributed by atoms with Crippen LogP contribution in [0.15, 0.2) is 0 Å². The molecule has 0 aromatic carbocycles. The van der Waals surface area contributed by atoms with E-state index in [9.17, 15) is 9.26 Å². The molecule has 0 fully saturated rings. The van der Waals surface area contributed by atoms with Crippen LogP contribution >= 0.6 is 0 Å². The summed E-state index contributed by atoms with van der Waals surface area (Å²) in [6, 6.07) is 0. The van der Waals surface area contributed by atoms with Crippen molar-refractivity contribution in [3.63, 3.8) is 0 Å². The molecule has 0 amide bonds. The van der Waals surface area contributed by atoms with Crippen LogP contribution in [0.4, 0.5) is 0 Å². The fourth-order valence-corrected chi connectivity index (χ4v) is 0.354. The van der Waals surface area contributed by atoms with Crippen molar-refractivity contribution < 1.29 is 82.6 Å². The van der Waals surface area contributed by atoms with Gasteiger partial charge in [-0.05, 0) is 6.92 Å². The largest absolute Gasteiger partial charge is 1.00 e. The Bertz CT molecular complexity index is 56.9. The predicted molar refractivity (Wildman–Crippen MR) is 18.1 cm³/mol. The van der Waals surface area contributed by atoms with E-state index >= 15 is 0 Å². The summed E-state index contributed by atoms with van der Waals surface area (Å²) in [5.41, 5.74) is 0. The predicted octanol–water partition coefficient (Wildman–Crippen LogP) is -4.20. The molecule has 7 heavy (non-hydrogen) atoms. The van der Waals surface area contributed by atoms with Crippen molar-refractivity contribution in [3.05, 3.63) is 0 Å². The first-order valence-electron chi connectivity index (χ1n) is 1.61. The Hall–Kier alpha value is 1.67. The Balaban J connectivity index is 0. The van der Waals surface area contributed by atoms with Crippen molar-refractivity contribution in [2.24, 2.45) is 0 Å². The quantitative estimate of drug-likeness (QED) is 0.458. The van der Waals surface area contributed by atoms with E-state index in [2.05, 4.69) is 4.43 Å². The molecule has 0 atom stereocenters. The van der Waals surface area contributed by atoms with Gasteiger partial charge < -0.3 is 13.7 Å². The molecule has 0 aliphatic heterocycles. The molecule has 0 saturated heterocycles. The van der Waals surface area contributed by atoms with Gasteiger partial charge in [-0.15, -0.1) is 0 Å². The Morgan fingerprint density at radius 2 is 2.29 bits per heavy atom. The number of rotatable bonds is 2. The van der Waals surface area contributed by atoms with E-state index in [4.69, 9.17) is 0 Å². The summed E-state index contributed by atoms with van der Waals surface area (Å²) in [7, 11) is -2.89. The van der Waals surface area contributed by atoms with Gasteiger partial charge in [0.05, 0.1) is 0 Å². The van der Waals surface area contributed by atoms with E-state index in [0.717, 1.165) is 0 Å². The third kappa shape index (κ3) is 11.3. The Morgan fingerprint density at radius 1 is 1.86 bits per heavy atom. The molecule has 0 bridgehead atoms. The summed E-state index contributed by atoms with van der Waals surface area (Å²) >= 11 is 0. The zero-order valence-electron chi connectivity index (χ0n) is 4.43. The van der Waals surface area contributed by atoms with E-state index in [-0.39, 0.29) is 75.5 Å². The summed E-state index contributed by atoms with van der Waals surface area (Å²) in [6.07, 6.45) is 0. The molecule has 0 heterocycles. The van der Waals surface area contributed by atoms with Crippen molar-refractivity contribution in [2.45, 2.75) is 6.92 Å². The van der Waals surface area contributed by atoms with Gasteiger partial charge in [-0.3, -0.25) is 0 Å². The summed E-state index contributed by atoms with van der Waals surface area (Å²) in [6.45, 7) is 1.88. The molecule has 36 valence electrons. The molecular weight excluding hydrogens is 233 g/mol. The third-order valence-corrected chi connectivity index (χ3v) is 0.787. The normalized spacial score (nSPS) is 6.43. The molecular formula is C2H5CsO3Si. The second kappa shape index (κ2) is 7.67. The first-order chi connectivity index (χ1) is 2.77. The fraction of sp³-hybridized carbons (Fsp3) is 1.00. The van der Waals surface area contributed by atoms with Gasteiger partial charge in [-0.1, -0.05) is 0 Å². The second-order valence-electron chi connectivity index (χ2n) is 0.683. The van der Waals surface area contributed by atoms with E-state index in [0.29, 0.717) is 0 Å². The molecule has 0 unspecified atom stereocenters. The van der Waals surface area contributed by atoms with Crippen LogP contribution in [0.2, 0.25) is 0 Å². The van der Waals surface area contributed by atoms with E-state index in [1.54, 1.807) is 6.92 Å². The molecule has 5 heteroatoms. The molecule has 0 aliphatic rings. The topological polar surface area (TPSA) is 49.4 Å². The molecule has 0 spiro atoms. The SMILES string of the molecule is CCO[Si](=O)[O-].[Cs+].